The number of benzene rings is 1. The minimum absolute atomic E-state index is 0.223. The summed E-state index contributed by atoms with van der Waals surface area (Å²) < 4.78 is 19.2. The van der Waals surface area contributed by atoms with E-state index in [1.54, 1.807) is 6.07 Å². The number of likely N-dealkylation sites (tertiary alicyclic amines) is 1. The average Bonchev–Trinajstić information content (AvgIpc) is 2.48. The fourth-order valence-corrected chi connectivity index (χ4v) is 2.79. The van der Waals surface area contributed by atoms with Crippen LogP contribution in [-0.2, 0) is 6.54 Å². The van der Waals surface area contributed by atoms with Crippen LogP contribution in [0.4, 0.5) is 4.39 Å². The Hall–Kier alpha value is -1.13. The zero-order valence-electron chi connectivity index (χ0n) is 12.5. The molecule has 0 aromatic heterocycles. The fourth-order valence-electron chi connectivity index (χ4n) is 2.79. The molecule has 1 N–H and O–H groups in total. The van der Waals surface area contributed by atoms with Crippen LogP contribution in [0.25, 0.3) is 0 Å². The second-order valence-electron chi connectivity index (χ2n) is 5.46. The van der Waals surface area contributed by atoms with E-state index in [9.17, 15) is 4.39 Å². The van der Waals surface area contributed by atoms with Crippen LogP contribution in [0.15, 0.2) is 18.2 Å². The summed E-state index contributed by atoms with van der Waals surface area (Å²) in [6.45, 7) is 5.94. The predicted molar refractivity (Wildman–Crippen MR) is 79.5 cm³/mol. The number of rotatable bonds is 6. The van der Waals surface area contributed by atoms with Crippen LogP contribution >= 0.6 is 0 Å². The first-order chi connectivity index (χ1) is 9.74. The van der Waals surface area contributed by atoms with E-state index < -0.39 is 0 Å². The Morgan fingerprint density at radius 1 is 1.45 bits per heavy atom. The Bertz CT molecular complexity index is 425. The lowest BCUT2D eigenvalue weighted by Gasteiger charge is -2.33. The van der Waals surface area contributed by atoms with E-state index >= 15 is 0 Å². The molecule has 2 rings (SSSR count). The number of hydrogen-bond acceptors (Lipinski definition) is 3. The van der Waals surface area contributed by atoms with E-state index in [4.69, 9.17) is 4.74 Å². The monoisotopic (exact) mass is 280 g/mol. The van der Waals surface area contributed by atoms with Crippen LogP contribution in [0.3, 0.4) is 0 Å². The van der Waals surface area contributed by atoms with E-state index in [2.05, 4.69) is 17.1 Å². The van der Waals surface area contributed by atoms with Crippen molar-refractivity contribution in [1.82, 2.24) is 10.2 Å². The zero-order valence-corrected chi connectivity index (χ0v) is 12.5. The highest BCUT2D eigenvalue weighted by molar-refractivity contribution is 5.31. The third kappa shape index (κ3) is 3.93. The van der Waals surface area contributed by atoms with Gasteiger partial charge in [0.15, 0.2) is 11.6 Å². The van der Waals surface area contributed by atoms with Gasteiger partial charge in [0.1, 0.15) is 0 Å². The van der Waals surface area contributed by atoms with Crippen molar-refractivity contribution in [2.45, 2.75) is 38.8 Å². The normalized spacial score (nSPS) is 20.1. The number of halogens is 1. The SMILES string of the molecule is CCCNC1CCCN(Cc2cccc(OC)c2F)C1. The summed E-state index contributed by atoms with van der Waals surface area (Å²) >= 11 is 0. The maximum Gasteiger partial charge on any atom is 0.169 e. The Morgan fingerprint density at radius 2 is 2.30 bits per heavy atom. The van der Waals surface area contributed by atoms with Crippen molar-refractivity contribution in [3.8, 4) is 5.75 Å². The minimum Gasteiger partial charge on any atom is -0.494 e. The molecule has 1 unspecified atom stereocenters. The van der Waals surface area contributed by atoms with Gasteiger partial charge in [-0.05, 0) is 38.4 Å². The molecular weight excluding hydrogens is 255 g/mol. The standard InChI is InChI=1S/C16H25FN2O/c1-3-9-18-14-7-5-10-19(12-14)11-13-6-4-8-15(20-2)16(13)17/h4,6,8,14,18H,3,5,7,9-12H2,1-2H3. The lowest BCUT2D eigenvalue weighted by Crippen LogP contribution is -2.45. The zero-order chi connectivity index (χ0) is 14.4. The van der Waals surface area contributed by atoms with Crippen LogP contribution in [-0.4, -0.2) is 37.7 Å². The summed E-state index contributed by atoms with van der Waals surface area (Å²) in [5.41, 5.74) is 0.723. The van der Waals surface area contributed by atoms with Crippen LogP contribution in [0.5, 0.6) is 5.75 Å². The van der Waals surface area contributed by atoms with E-state index in [0.717, 1.165) is 31.6 Å². The molecule has 3 nitrogen and oxygen atoms in total. The molecular formula is C16H25FN2O. The fraction of sp³-hybridized carbons (Fsp3) is 0.625. The molecule has 1 aromatic rings. The van der Waals surface area contributed by atoms with Crippen molar-refractivity contribution in [3.05, 3.63) is 29.6 Å². The molecule has 1 aromatic carbocycles. The van der Waals surface area contributed by atoms with Crippen LogP contribution < -0.4 is 10.1 Å². The van der Waals surface area contributed by atoms with Gasteiger partial charge in [-0.25, -0.2) is 4.39 Å². The molecule has 1 atom stereocenters. The van der Waals surface area contributed by atoms with Gasteiger partial charge < -0.3 is 10.1 Å². The molecule has 4 heteroatoms. The molecule has 112 valence electrons. The smallest absolute Gasteiger partial charge is 0.169 e. The van der Waals surface area contributed by atoms with Crippen LogP contribution in [0, 0.1) is 5.82 Å². The average molecular weight is 280 g/mol. The molecule has 0 bridgehead atoms. The first-order valence-electron chi connectivity index (χ1n) is 7.51. The Balaban J connectivity index is 1.95. The quantitative estimate of drug-likeness (QED) is 0.867. The first kappa shape index (κ1) is 15.3. The van der Waals surface area contributed by atoms with E-state index in [-0.39, 0.29) is 5.82 Å². The van der Waals surface area contributed by atoms with Crippen LogP contribution in [0.1, 0.15) is 31.7 Å². The molecule has 0 radical (unpaired) electrons. The first-order valence-corrected chi connectivity index (χ1v) is 7.51. The van der Waals surface area contributed by atoms with Gasteiger partial charge in [-0.1, -0.05) is 19.1 Å². The van der Waals surface area contributed by atoms with Gasteiger partial charge in [0.05, 0.1) is 7.11 Å². The number of ether oxygens (including phenoxy) is 1. The minimum atomic E-state index is -0.223. The molecule has 0 aliphatic carbocycles. The molecule has 1 saturated heterocycles. The van der Waals surface area contributed by atoms with Gasteiger partial charge in [-0.3, -0.25) is 4.90 Å². The Labute approximate surface area is 121 Å². The maximum absolute atomic E-state index is 14.2. The molecule has 0 saturated carbocycles. The number of nitrogens with one attached hydrogen (secondary N) is 1. The van der Waals surface area contributed by atoms with Crippen molar-refractivity contribution < 1.29 is 9.13 Å². The van der Waals surface area contributed by atoms with Gasteiger partial charge in [-0.2, -0.15) is 0 Å². The lowest BCUT2D eigenvalue weighted by atomic mass is 10.0. The summed E-state index contributed by atoms with van der Waals surface area (Å²) in [5.74, 6) is 0.110. The largest absolute Gasteiger partial charge is 0.494 e. The van der Waals surface area contributed by atoms with Gasteiger partial charge in [-0.15, -0.1) is 0 Å². The highest BCUT2D eigenvalue weighted by Crippen LogP contribution is 2.22. The molecule has 1 aliphatic heterocycles. The van der Waals surface area contributed by atoms with Crippen molar-refractivity contribution in [2.24, 2.45) is 0 Å². The van der Waals surface area contributed by atoms with E-state index in [1.165, 1.54) is 20.0 Å². The van der Waals surface area contributed by atoms with Crippen LogP contribution in [0.2, 0.25) is 0 Å². The van der Waals surface area contributed by atoms with E-state index in [1.807, 2.05) is 12.1 Å². The Morgan fingerprint density at radius 3 is 3.05 bits per heavy atom. The second-order valence-corrected chi connectivity index (χ2v) is 5.46. The Kier molecular flexibility index (Phi) is 5.80. The number of nitrogens with zero attached hydrogens (tertiary/aromatic N) is 1. The molecule has 0 amide bonds. The van der Waals surface area contributed by atoms with Gasteiger partial charge in [0, 0.05) is 24.7 Å². The highest BCUT2D eigenvalue weighted by Gasteiger charge is 2.20. The van der Waals surface area contributed by atoms with Gasteiger partial charge >= 0.3 is 0 Å². The van der Waals surface area contributed by atoms with Crippen molar-refractivity contribution >= 4 is 0 Å². The van der Waals surface area contributed by atoms with Crippen molar-refractivity contribution in [3.63, 3.8) is 0 Å². The molecule has 1 heterocycles. The summed E-state index contributed by atoms with van der Waals surface area (Å²) in [7, 11) is 1.51. The van der Waals surface area contributed by atoms with Gasteiger partial charge in [0.25, 0.3) is 0 Å². The summed E-state index contributed by atoms with van der Waals surface area (Å²) in [5, 5.41) is 3.56. The number of hydrogen-bond donors (Lipinski definition) is 1. The molecule has 1 fully saturated rings. The number of methoxy groups -OCH3 is 1. The van der Waals surface area contributed by atoms with E-state index in [0.29, 0.717) is 18.3 Å². The molecule has 1 aliphatic rings. The summed E-state index contributed by atoms with van der Waals surface area (Å²) in [4.78, 5) is 2.33. The maximum atomic E-state index is 14.2. The second kappa shape index (κ2) is 7.60. The topological polar surface area (TPSA) is 24.5 Å². The third-order valence-electron chi connectivity index (χ3n) is 3.85. The molecule has 0 spiro atoms. The molecule has 20 heavy (non-hydrogen) atoms. The number of piperidine rings is 1. The predicted octanol–water partition coefficient (Wildman–Crippen LogP) is 2.80. The third-order valence-corrected chi connectivity index (χ3v) is 3.85. The van der Waals surface area contributed by atoms with Crippen molar-refractivity contribution in [1.29, 1.82) is 0 Å². The summed E-state index contributed by atoms with van der Waals surface area (Å²) in [6.07, 6.45) is 3.55. The lowest BCUT2D eigenvalue weighted by molar-refractivity contribution is 0.181. The van der Waals surface area contributed by atoms with Gasteiger partial charge in [0.2, 0.25) is 0 Å². The highest BCUT2D eigenvalue weighted by atomic mass is 19.1. The van der Waals surface area contributed by atoms with Crippen molar-refractivity contribution in [2.75, 3.05) is 26.7 Å². The summed E-state index contributed by atoms with van der Waals surface area (Å²) in [6, 6.07) is 5.91.